The molecule has 1 atom stereocenters. The molecule has 0 unspecified atom stereocenters. The molecule has 134 valence electrons. The Balaban J connectivity index is 1.47. The molecule has 0 radical (unpaired) electrons. The van der Waals surface area contributed by atoms with Gasteiger partial charge in [-0.1, -0.05) is 36.4 Å². The molecule has 26 heavy (non-hydrogen) atoms. The van der Waals surface area contributed by atoms with Crippen LogP contribution in [0.4, 0.5) is 4.79 Å². The van der Waals surface area contributed by atoms with E-state index in [0.717, 1.165) is 17.0 Å². The quantitative estimate of drug-likeness (QED) is 0.743. The van der Waals surface area contributed by atoms with Gasteiger partial charge in [-0.15, -0.1) is 10.2 Å². The molecule has 2 aromatic heterocycles. The number of carbonyl (C=O) groups is 1. The lowest BCUT2D eigenvalue weighted by Gasteiger charge is -2.29. The predicted molar refractivity (Wildman–Crippen MR) is 99.4 cm³/mol. The summed E-state index contributed by atoms with van der Waals surface area (Å²) in [7, 11) is 0. The van der Waals surface area contributed by atoms with Crippen molar-refractivity contribution < 1.29 is 4.79 Å². The second kappa shape index (κ2) is 7.15. The van der Waals surface area contributed by atoms with Crippen molar-refractivity contribution in [2.24, 2.45) is 5.92 Å². The van der Waals surface area contributed by atoms with Crippen LogP contribution in [0.1, 0.15) is 31.2 Å². The second-order valence-electron chi connectivity index (χ2n) is 6.90. The van der Waals surface area contributed by atoms with Gasteiger partial charge in [0.2, 0.25) is 0 Å². The lowest BCUT2D eigenvalue weighted by atomic mass is 10.1. The number of pyridine rings is 1. The summed E-state index contributed by atoms with van der Waals surface area (Å²) in [6.45, 7) is 3.12. The molecule has 6 nitrogen and oxygen atoms in total. The Kier molecular flexibility index (Phi) is 4.56. The van der Waals surface area contributed by atoms with Crippen molar-refractivity contribution in [3.05, 3.63) is 66.1 Å². The fourth-order valence-corrected chi connectivity index (χ4v) is 3.28. The van der Waals surface area contributed by atoms with Gasteiger partial charge in [0.15, 0.2) is 11.5 Å². The molecule has 6 heteroatoms. The monoisotopic (exact) mass is 349 g/mol. The molecule has 1 aromatic carbocycles. The van der Waals surface area contributed by atoms with Crippen molar-refractivity contribution in [1.82, 2.24) is 24.8 Å². The highest BCUT2D eigenvalue weighted by molar-refractivity contribution is 5.74. The Morgan fingerprint density at radius 3 is 2.73 bits per heavy atom. The maximum Gasteiger partial charge on any atom is 0.318 e. The zero-order chi connectivity index (χ0) is 17.9. The van der Waals surface area contributed by atoms with E-state index in [2.05, 4.69) is 34.6 Å². The third-order valence-corrected chi connectivity index (χ3v) is 5.03. The van der Waals surface area contributed by atoms with Gasteiger partial charge in [0, 0.05) is 18.8 Å². The number of nitrogens with one attached hydrogen (secondary N) is 1. The third kappa shape index (κ3) is 3.54. The van der Waals surface area contributed by atoms with Crippen molar-refractivity contribution in [3.63, 3.8) is 0 Å². The maximum atomic E-state index is 12.9. The molecule has 4 rings (SSSR count). The van der Waals surface area contributed by atoms with E-state index < -0.39 is 0 Å². The molecule has 2 amide bonds. The maximum absolute atomic E-state index is 12.9. The Bertz CT molecular complexity index is 887. The van der Waals surface area contributed by atoms with E-state index >= 15 is 0 Å². The summed E-state index contributed by atoms with van der Waals surface area (Å²) < 4.78 is 1.89. The average molecular weight is 349 g/mol. The first kappa shape index (κ1) is 16.6. The van der Waals surface area contributed by atoms with Gasteiger partial charge in [0.05, 0.1) is 6.54 Å². The van der Waals surface area contributed by atoms with Crippen molar-refractivity contribution in [2.45, 2.75) is 38.9 Å². The van der Waals surface area contributed by atoms with Crippen molar-refractivity contribution in [3.8, 4) is 0 Å². The molecule has 3 aromatic rings. The fourth-order valence-electron chi connectivity index (χ4n) is 3.28. The van der Waals surface area contributed by atoms with Crippen LogP contribution < -0.4 is 5.32 Å². The van der Waals surface area contributed by atoms with Gasteiger partial charge in [-0.3, -0.25) is 4.40 Å². The first-order valence-electron chi connectivity index (χ1n) is 9.09. The topological polar surface area (TPSA) is 62.5 Å². The van der Waals surface area contributed by atoms with Crippen LogP contribution in [0.15, 0.2) is 54.7 Å². The number of carbonyl (C=O) groups excluding carboxylic acids is 1. The first-order valence-corrected chi connectivity index (χ1v) is 9.09. The van der Waals surface area contributed by atoms with Crippen LogP contribution >= 0.6 is 0 Å². The van der Waals surface area contributed by atoms with E-state index in [-0.39, 0.29) is 12.1 Å². The molecule has 0 aliphatic heterocycles. The molecule has 1 aliphatic carbocycles. The molecule has 0 spiro atoms. The van der Waals surface area contributed by atoms with E-state index in [1.165, 1.54) is 12.8 Å². The first-order chi connectivity index (χ1) is 12.7. The summed E-state index contributed by atoms with van der Waals surface area (Å²) in [4.78, 5) is 14.9. The number of amides is 2. The lowest BCUT2D eigenvalue weighted by molar-refractivity contribution is 0.166. The zero-order valence-electron chi connectivity index (χ0n) is 14.9. The van der Waals surface area contributed by atoms with Crippen molar-refractivity contribution in [1.29, 1.82) is 0 Å². The summed E-state index contributed by atoms with van der Waals surface area (Å²) in [5, 5.41) is 11.3. The van der Waals surface area contributed by atoms with E-state index in [1.54, 1.807) is 0 Å². The number of aromatic nitrogens is 3. The Hall–Kier alpha value is -2.89. The van der Waals surface area contributed by atoms with Crippen LogP contribution in [0.3, 0.4) is 0 Å². The van der Waals surface area contributed by atoms with Gasteiger partial charge in [-0.25, -0.2) is 4.79 Å². The number of urea groups is 1. The number of hydrogen-bond acceptors (Lipinski definition) is 3. The molecule has 0 bridgehead atoms. The molecular formula is C20H23N5O. The fraction of sp³-hybridized carbons (Fsp3) is 0.350. The molecule has 2 heterocycles. The minimum Gasteiger partial charge on any atom is -0.331 e. The SMILES string of the molecule is C[C@@H](C1CC1)N(Cc1ccccc1)C(=O)NCc1nnc2ccccn12. The van der Waals surface area contributed by atoms with Gasteiger partial charge in [0.1, 0.15) is 0 Å². The molecule has 1 N–H and O–H groups in total. The molecule has 0 saturated heterocycles. The summed E-state index contributed by atoms with van der Waals surface area (Å²) in [5.74, 6) is 1.34. The highest BCUT2D eigenvalue weighted by Gasteiger charge is 2.34. The minimum absolute atomic E-state index is 0.0547. The van der Waals surface area contributed by atoms with E-state index in [9.17, 15) is 4.79 Å². The number of hydrogen-bond donors (Lipinski definition) is 1. The predicted octanol–water partition coefficient (Wildman–Crippen LogP) is 3.24. The highest BCUT2D eigenvalue weighted by Crippen LogP contribution is 2.35. The Labute approximate surface area is 152 Å². The largest absolute Gasteiger partial charge is 0.331 e. The van der Waals surface area contributed by atoms with Gasteiger partial charge in [-0.05, 0) is 43.4 Å². The van der Waals surface area contributed by atoms with Gasteiger partial charge < -0.3 is 10.2 Å². The Morgan fingerprint density at radius 1 is 1.19 bits per heavy atom. The summed E-state index contributed by atoms with van der Waals surface area (Å²) in [6, 6.07) is 16.1. The minimum atomic E-state index is -0.0547. The van der Waals surface area contributed by atoms with Crippen molar-refractivity contribution >= 4 is 11.7 Å². The van der Waals surface area contributed by atoms with Crippen LogP contribution in [0.2, 0.25) is 0 Å². The average Bonchev–Trinajstić information content (AvgIpc) is 3.45. The van der Waals surface area contributed by atoms with Crippen LogP contribution in [-0.4, -0.2) is 31.6 Å². The highest BCUT2D eigenvalue weighted by atomic mass is 16.2. The standard InChI is InChI=1S/C20H23N5O/c1-15(17-10-11-17)25(14-16-7-3-2-4-8-16)20(26)21-13-19-23-22-18-9-5-6-12-24(18)19/h2-9,12,15,17H,10-11,13-14H2,1H3,(H,21,26)/t15-/m0/s1. The summed E-state index contributed by atoms with van der Waals surface area (Å²) in [6.07, 6.45) is 4.31. The van der Waals surface area contributed by atoms with Crippen molar-refractivity contribution in [2.75, 3.05) is 0 Å². The third-order valence-electron chi connectivity index (χ3n) is 5.03. The lowest BCUT2D eigenvalue weighted by Crippen LogP contribution is -2.45. The second-order valence-corrected chi connectivity index (χ2v) is 6.90. The smallest absolute Gasteiger partial charge is 0.318 e. The molecule has 1 saturated carbocycles. The van der Waals surface area contributed by atoms with E-state index in [1.807, 2.05) is 51.9 Å². The van der Waals surface area contributed by atoms with Crippen LogP contribution in [0.5, 0.6) is 0 Å². The Morgan fingerprint density at radius 2 is 1.96 bits per heavy atom. The molecular weight excluding hydrogens is 326 g/mol. The normalized spacial score (nSPS) is 15.0. The van der Waals surface area contributed by atoms with Crippen LogP contribution in [0, 0.1) is 5.92 Å². The van der Waals surface area contributed by atoms with Crippen LogP contribution in [-0.2, 0) is 13.1 Å². The molecule has 1 aliphatic rings. The number of nitrogens with zero attached hydrogens (tertiary/aromatic N) is 4. The molecule has 1 fully saturated rings. The van der Waals surface area contributed by atoms with Crippen LogP contribution in [0.25, 0.3) is 5.65 Å². The number of rotatable bonds is 6. The van der Waals surface area contributed by atoms with E-state index in [4.69, 9.17) is 0 Å². The zero-order valence-corrected chi connectivity index (χ0v) is 14.9. The summed E-state index contributed by atoms with van der Waals surface area (Å²) >= 11 is 0. The number of benzene rings is 1. The summed E-state index contributed by atoms with van der Waals surface area (Å²) in [5.41, 5.74) is 1.92. The van der Waals surface area contributed by atoms with Gasteiger partial charge in [0.25, 0.3) is 0 Å². The van der Waals surface area contributed by atoms with Gasteiger partial charge >= 0.3 is 6.03 Å². The van der Waals surface area contributed by atoms with Gasteiger partial charge in [-0.2, -0.15) is 0 Å². The number of fused-ring (bicyclic) bond motifs is 1. The van der Waals surface area contributed by atoms with E-state index in [0.29, 0.717) is 19.0 Å².